The number of hydrogen-bond donors (Lipinski definition) is 3. The number of nitrogens with one attached hydrogen (secondary N) is 1. The Morgan fingerprint density at radius 1 is 0.870 bits per heavy atom. The smallest absolute Gasteiger partial charge is 0.410 e. The average molecular weight is 1140 g/mol. The highest BCUT2D eigenvalue weighted by molar-refractivity contribution is 9.10. The molecule has 3 fully saturated rings. The van der Waals surface area contributed by atoms with Crippen LogP contribution in [0.1, 0.15) is 126 Å². The SMILES string of the molecule is COC1CC2CC[C@@H](C)[C@@](O)(O2)C(=O)C(=O)N2CCCC[C@H]2C(=O)OC(C(C)CC2CC[C@@H](OC(=O)NCOc3ccc(Br)cc3)C(OC)C2)CC(=O)C(C)/C=C(\C)[C@@H](O)C(OC)C(=O)[C@H](C)CC(C)\C=C/C=C/C=C/1C. The van der Waals surface area contributed by atoms with Gasteiger partial charge in [-0.05, 0) is 131 Å². The van der Waals surface area contributed by atoms with Gasteiger partial charge in [0.25, 0.3) is 11.7 Å². The fourth-order valence-corrected chi connectivity index (χ4v) is 11.4. The monoisotopic (exact) mass is 1140 g/mol. The molecule has 9 unspecified atom stereocenters. The molecular weight excluding hydrogens is 1060 g/mol. The summed E-state index contributed by atoms with van der Waals surface area (Å²) in [6.07, 6.45) is 9.69. The maximum Gasteiger partial charge on any atom is 0.410 e. The highest BCUT2D eigenvalue weighted by Gasteiger charge is 2.53. The number of allylic oxidation sites excluding steroid dienone is 6. The molecule has 5 rings (SSSR count). The number of aliphatic hydroxyl groups excluding tert-OH is 1. The molecule has 4 aliphatic rings. The maximum absolute atomic E-state index is 14.6. The average Bonchev–Trinajstić information content (AvgIpc) is 3.40. The van der Waals surface area contributed by atoms with Crippen molar-refractivity contribution in [2.24, 2.45) is 35.5 Å². The Labute approximate surface area is 464 Å². The van der Waals surface area contributed by atoms with Gasteiger partial charge in [0.15, 0.2) is 12.5 Å². The van der Waals surface area contributed by atoms with Crippen LogP contribution in [0.2, 0.25) is 0 Å². The van der Waals surface area contributed by atoms with Crippen LogP contribution >= 0.6 is 15.9 Å². The molecule has 0 radical (unpaired) electrons. The van der Waals surface area contributed by atoms with Crippen LogP contribution in [-0.4, -0.2) is 140 Å². The van der Waals surface area contributed by atoms with E-state index in [-0.39, 0.29) is 49.5 Å². The van der Waals surface area contributed by atoms with Crippen molar-refractivity contribution in [2.45, 2.75) is 180 Å². The summed E-state index contributed by atoms with van der Waals surface area (Å²) in [7, 11) is 4.49. The minimum Gasteiger partial charge on any atom is -0.473 e. The highest BCUT2D eigenvalue weighted by atomic mass is 79.9. The number of ether oxygens (including phenoxy) is 7. The van der Waals surface area contributed by atoms with Gasteiger partial charge in [-0.3, -0.25) is 24.5 Å². The predicted molar refractivity (Wildman–Crippen MR) is 292 cm³/mol. The summed E-state index contributed by atoms with van der Waals surface area (Å²) in [5.41, 5.74) is 1.23. The number of esters is 1. The predicted octanol–water partition coefficient (Wildman–Crippen LogP) is 8.71. The molecule has 1 aromatic rings. The Bertz CT molecular complexity index is 2280. The molecule has 0 aromatic heterocycles. The number of aliphatic hydroxyl groups is 2. The fourth-order valence-electron chi connectivity index (χ4n) is 11.1. The summed E-state index contributed by atoms with van der Waals surface area (Å²) in [6.45, 7) is 12.5. The first-order valence-electron chi connectivity index (χ1n) is 27.4. The number of benzene rings is 1. The van der Waals surface area contributed by atoms with Gasteiger partial charge in [0, 0.05) is 62.9 Å². The second kappa shape index (κ2) is 30.1. The van der Waals surface area contributed by atoms with Crippen LogP contribution in [-0.2, 0) is 52.4 Å². The molecule has 18 heteroatoms. The molecule has 2 amide bonds. The van der Waals surface area contributed by atoms with E-state index in [1.807, 2.05) is 63.3 Å². The summed E-state index contributed by atoms with van der Waals surface area (Å²) in [4.78, 5) is 85.5. The van der Waals surface area contributed by atoms with E-state index in [1.165, 1.54) is 12.0 Å². The van der Waals surface area contributed by atoms with Crippen molar-refractivity contribution in [3.8, 4) is 5.75 Å². The van der Waals surface area contributed by atoms with E-state index < -0.39 is 102 Å². The van der Waals surface area contributed by atoms with Crippen LogP contribution < -0.4 is 10.1 Å². The minimum absolute atomic E-state index is 0.00148. The van der Waals surface area contributed by atoms with Crippen molar-refractivity contribution in [3.63, 3.8) is 0 Å². The van der Waals surface area contributed by atoms with Crippen LogP contribution in [0.4, 0.5) is 4.79 Å². The lowest BCUT2D eigenvalue weighted by molar-refractivity contribution is -0.265. The van der Waals surface area contributed by atoms with Gasteiger partial charge in [-0.1, -0.05) is 87.0 Å². The molecule has 3 heterocycles. The molecule has 428 valence electrons. The van der Waals surface area contributed by atoms with E-state index in [4.69, 9.17) is 33.2 Å². The second-order valence-corrected chi connectivity index (χ2v) is 22.8. The minimum atomic E-state index is -2.46. The quantitative estimate of drug-likeness (QED) is 0.0863. The van der Waals surface area contributed by atoms with E-state index in [0.717, 1.165) is 10.0 Å². The molecule has 1 aliphatic carbocycles. The number of alkyl carbamates (subject to hydrolysis) is 1. The number of Topliss-reactive ketones (excluding diaryl/α,β-unsaturated/α-hetero) is 3. The second-order valence-electron chi connectivity index (χ2n) is 21.9. The van der Waals surface area contributed by atoms with Gasteiger partial charge in [0.2, 0.25) is 5.79 Å². The van der Waals surface area contributed by atoms with Gasteiger partial charge in [0.05, 0.1) is 18.3 Å². The van der Waals surface area contributed by atoms with E-state index in [9.17, 15) is 39.0 Å². The topological polar surface area (TPSA) is 223 Å². The molecular formula is C59H85BrN2O15. The van der Waals surface area contributed by atoms with Gasteiger partial charge in [-0.15, -0.1) is 0 Å². The fraction of sp³-hybridized carbons (Fsp3) is 0.661. The number of fused-ring (bicyclic) bond motifs is 3. The zero-order chi connectivity index (χ0) is 56.6. The number of rotatable bonds is 10. The number of carbonyl (C=O) groups excluding carboxylic acids is 6. The Morgan fingerprint density at radius 3 is 2.29 bits per heavy atom. The molecule has 1 saturated carbocycles. The van der Waals surface area contributed by atoms with Crippen molar-refractivity contribution in [2.75, 3.05) is 34.6 Å². The lowest BCUT2D eigenvalue weighted by Crippen LogP contribution is -2.61. The van der Waals surface area contributed by atoms with Gasteiger partial charge < -0.3 is 48.3 Å². The van der Waals surface area contributed by atoms with E-state index in [0.29, 0.717) is 75.5 Å². The summed E-state index contributed by atoms with van der Waals surface area (Å²) in [5.74, 6) is -7.86. The Balaban J connectivity index is 1.40. The molecule has 3 N–H and O–H groups in total. The van der Waals surface area contributed by atoms with Gasteiger partial charge >= 0.3 is 12.1 Å². The number of carbonyl (C=O) groups is 6. The van der Waals surface area contributed by atoms with Crippen molar-refractivity contribution in [3.05, 3.63) is 76.3 Å². The zero-order valence-corrected chi connectivity index (χ0v) is 48.4. The van der Waals surface area contributed by atoms with Crippen molar-refractivity contribution in [1.82, 2.24) is 10.2 Å². The summed E-state index contributed by atoms with van der Waals surface area (Å²) < 4.78 is 42.1. The maximum atomic E-state index is 14.6. The summed E-state index contributed by atoms with van der Waals surface area (Å²) in [5, 5.41) is 26.2. The number of ketones is 3. The Morgan fingerprint density at radius 2 is 1.60 bits per heavy atom. The number of methoxy groups -OCH3 is 3. The molecule has 2 saturated heterocycles. The highest BCUT2D eigenvalue weighted by Crippen LogP contribution is 2.38. The molecule has 3 aliphatic heterocycles. The van der Waals surface area contributed by atoms with Gasteiger partial charge in [0.1, 0.15) is 42.0 Å². The van der Waals surface area contributed by atoms with Crippen LogP contribution in [0.5, 0.6) is 5.75 Å². The Hall–Kier alpha value is -4.56. The van der Waals surface area contributed by atoms with Crippen molar-refractivity contribution >= 4 is 51.2 Å². The van der Waals surface area contributed by atoms with Crippen LogP contribution in [0.25, 0.3) is 0 Å². The third kappa shape index (κ3) is 17.7. The number of halogens is 1. The zero-order valence-electron chi connectivity index (χ0n) is 46.8. The third-order valence-electron chi connectivity index (χ3n) is 16.0. The Kier molecular flexibility index (Phi) is 24.8. The van der Waals surface area contributed by atoms with Gasteiger partial charge in [-0.25, -0.2) is 9.59 Å². The molecule has 1 aromatic carbocycles. The lowest BCUT2D eigenvalue weighted by Gasteiger charge is -2.42. The molecule has 15 atom stereocenters. The molecule has 2 bridgehead atoms. The molecule has 0 spiro atoms. The first-order chi connectivity index (χ1) is 36.6. The summed E-state index contributed by atoms with van der Waals surface area (Å²) in [6, 6.07) is 5.99. The molecule has 77 heavy (non-hydrogen) atoms. The summed E-state index contributed by atoms with van der Waals surface area (Å²) >= 11 is 3.39. The van der Waals surface area contributed by atoms with Crippen molar-refractivity contribution in [1.29, 1.82) is 0 Å². The third-order valence-corrected chi connectivity index (χ3v) is 16.5. The number of nitrogens with zero attached hydrogens (tertiary/aromatic N) is 1. The lowest BCUT2D eigenvalue weighted by atomic mass is 9.78. The largest absolute Gasteiger partial charge is 0.473 e. The number of amides is 2. The first kappa shape index (κ1) is 63.3. The number of piperidine rings is 1. The van der Waals surface area contributed by atoms with Crippen LogP contribution in [0, 0.1) is 35.5 Å². The van der Waals surface area contributed by atoms with Crippen LogP contribution in [0.3, 0.4) is 0 Å². The van der Waals surface area contributed by atoms with Gasteiger partial charge in [-0.2, -0.15) is 0 Å². The standard InChI is InChI=1S/C59H85BrN2O15/c1-35-16-12-11-13-17-36(2)49(71-8)32-45-23-19-41(7)59(70,77-45)55(66)56(67)62-27-15-14-18-46(62)57(68)75-50(33-47(63)37(3)29-40(6)53(65)54(73-10)52(64)39(5)28-35)38(4)30-42-20-26-48(51(31-42)72-9)76-58(69)61-34-74-44-24-21-43(60)22-25-44/h11-13,16-17,21-22,24-25,29,35,37-39,41-42,45-46,48-51,53-54,65,70H,14-15,18-20,23,26-28,30-34H2,1-10H3,(H,61,69)/b13-11+,16-12-,36-17+,40-29+/t35?,37?,38?,39-,41-,42?,45?,46+,48-,49?,50?,51?,53-,54?,59-/m1/s1. The van der Waals surface area contributed by atoms with E-state index >= 15 is 0 Å². The first-order valence-corrected chi connectivity index (χ1v) is 28.2. The van der Waals surface area contributed by atoms with Crippen molar-refractivity contribution < 1.29 is 72.1 Å². The number of cyclic esters (lactones) is 1. The normalized spacial score (nSPS) is 35.7. The van der Waals surface area contributed by atoms with E-state index in [1.54, 1.807) is 60.1 Å². The van der Waals surface area contributed by atoms with E-state index in [2.05, 4.69) is 21.2 Å². The molecule has 17 nitrogen and oxygen atoms in total. The van der Waals surface area contributed by atoms with Crippen LogP contribution in [0.15, 0.2) is 76.3 Å². The number of hydrogen-bond acceptors (Lipinski definition) is 15.